The van der Waals surface area contributed by atoms with Gasteiger partial charge >= 0.3 is 5.97 Å². The number of ether oxygens (including phenoxy) is 1. The Bertz CT molecular complexity index is 402. The van der Waals surface area contributed by atoms with Crippen molar-refractivity contribution in [3.05, 3.63) is 30.3 Å². The monoisotopic (exact) mass is 233 g/mol. The summed E-state index contributed by atoms with van der Waals surface area (Å²) >= 11 is 0. The quantitative estimate of drug-likeness (QED) is 0.592. The minimum absolute atomic E-state index is 0.228. The first-order chi connectivity index (χ1) is 7.87. The fourth-order valence-electron chi connectivity index (χ4n) is 1.35. The smallest absolute Gasteiger partial charge is 0.312 e. The normalized spacial score (nSPS) is 12.4. The zero-order chi connectivity index (χ0) is 12.9. The Kier molecular flexibility index (Phi) is 4.44. The molecule has 0 saturated carbocycles. The Hall–Kier alpha value is -1.64. The number of para-hydroxylation sites is 1. The molecule has 0 heterocycles. The predicted molar refractivity (Wildman–Crippen MR) is 69.7 cm³/mol. The SMILES string of the molecule is CC(CC(=O)OC(C)(C)C)=Nc1ccccc1. The maximum Gasteiger partial charge on any atom is 0.312 e. The van der Waals surface area contributed by atoms with Gasteiger partial charge in [-0.15, -0.1) is 0 Å². The first-order valence-electron chi connectivity index (χ1n) is 5.68. The van der Waals surface area contributed by atoms with E-state index in [2.05, 4.69) is 4.99 Å². The lowest BCUT2D eigenvalue weighted by atomic mass is 10.2. The fraction of sp³-hybridized carbons (Fsp3) is 0.429. The van der Waals surface area contributed by atoms with E-state index in [1.165, 1.54) is 0 Å². The van der Waals surface area contributed by atoms with E-state index in [0.29, 0.717) is 0 Å². The highest BCUT2D eigenvalue weighted by Gasteiger charge is 2.16. The molecule has 0 saturated heterocycles. The summed E-state index contributed by atoms with van der Waals surface area (Å²) in [5, 5.41) is 0. The third-order valence-electron chi connectivity index (χ3n) is 1.90. The van der Waals surface area contributed by atoms with E-state index < -0.39 is 5.60 Å². The Balaban J connectivity index is 2.58. The van der Waals surface area contributed by atoms with E-state index in [4.69, 9.17) is 4.74 Å². The van der Waals surface area contributed by atoms with Crippen molar-refractivity contribution >= 4 is 17.4 Å². The molecule has 0 unspecified atom stereocenters. The number of carbonyl (C=O) groups excluding carboxylic acids is 1. The van der Waals surface area contributed by atoms with E-state index in [1.54, 1.807) is 0 Å². The number of nitrogens with zero attached hydrogens (tertiary/aromatic N) is 1. The van der Waals surface area contributed by atoms with Gasteiger partial charge in [-0.25, -0.2) is 0 Å². The number of hydrogen-bond donors (Lipinski definition) is 0. The van der Waals surface area contributed by atoms with Crippen molar-refractivity contribution in [2.75, 3.05) is 0 Å². The van der Waals surface area contributed by atoms with Crippen LogP contribution in [0.5, 0.6) is 0 Å². The maximum atomic E-state index is 11.6. The van der Waals surface area contributed by atoms with Crippen LogP contribution in [0.25, 0.3) is 0 Å². The summed E-state index contributed by atoms with van der Waals surface area (Å²) in [6, 6.07) is 9.57. The molecule has 0 aliphatic heterocycles. The Morgan fingerprint density at radius 1 is 1.24 bits per heavy atom. The van der Waals surface area contributed by atoms with Gasteiger partial charge in [-0.2, -0.15) is 0 Å². The molecule has 0 spiro atoms. The molecular weight excluding hydrogens is 214 g/mol. The van der Waals surface area contributed by atoms with Gasteiger partial charge in [0.25, 0.3) is 0 Å². The standard InChI is InChI=1S/C14H19NO2/c1-11(10-13(16)17-14(2,3)4)15-12-8-6-5-7-9-12/h5-9H,10H2,1-4H3. The Labute approximate surface area is 103 Å². The van der Waals surface area contributed by atoms with Crippen molar-refractivity contribution in [2.45, 2.75) is 39.7 Å². The van der Waals surface area contributed by atoms with Crippen LogP contribution in [0.3, 0.4) is 0 Å². The van der Waals surface area contributed by atoms with Gasteiger partial charge in [0.15, 0.2) is 0 Å². The average molecular weight is 233 g/mol. The molecule has 0 atom stereocenters. The lowest BCUT2D eigenvalue weighted by molar-refractivity contribution is -0.153. The van der Waals surface area contributed by atoms with Gasteiger partial charge in [-0.1, -0.05) is 18.2 Å². The molecule has 3 heteroatoms. The minimum atomic E-state index is -0.440. The first-order valence-corrected chi connectivity index (χ1v) is 5.68. The first kappa shape index (κ1) is 13.4. The van der Waals surface area contributed by atoms with Crippen LogP contribution in [0.2, 0.25) is 0 Å². The van der Waals surface area contributed by atoms with Crippen LogP contribution >= 0.6 is 0 Å². The second-order valence-electron chi connectivity index (χ2n) is 4.95. The van der Waals surface area contributed by atoms with Crippen LogP contribution in [0.1, 0.15) is 34.1 Å². The van der Waals surface area contributed by atoms with Gasteiger partial charge < -0.3 is 4.74 Å². The van der Waals surface area contributed by atoms with Crippen LogP contribution < -0.4 is 0 Å². The summed E-state index contributed by atoms with van der Waals surface area (Å²) in [5.74, 6) is -0.241. The minimum Gasteiger partial charge on any atom is -0.460 e. The number of aliphatic imine (C=N–C) groups is 1. The van der Waals surface area contributed by atoms with E-state index >= 15 is 0 Å². The van der Waals surface area contributed by atoms with Gasteiger partial charge in [-0.05, 0) is 39.8 Å². The summed E-state index contributed by atoms with van der Waals surface area (Å²) in [5.41, 5.74) is 1.17. The van der Waals surface area contributed by atoms with Crippen LogP contribution in [0, 0.1) is 0 Å². The number of hydrogen-bond acceptors (Lipinski definition) is 3. The van der Waals surface area contributed by atoms with Crippen molar-refractivity contribution < 1.29 is 9.53 Å². The summed E-state index contributed by atoms with van der Waals surface area (Å²) in [6.45, 7) is 7.40. The predicted octanol–water partition coefficient (Wildman–Crippen LogP) is 3.51. The fourth-order valence-corrected chi connectivity index (χ4v) is 1.35. The van der Waals surface area contributed by atoms with E-state index in [-0.39, 0.29) is 12.4 Å². The van der Waals surface area contributed by atoms with Crippen LogP contribution in [0.4, 0.5) is 5.69 Å². The third-order valence-corrected chi connectivity index (χ3v) is 1.90. The lowest BCUT2D eigenvalue weighted by Crippen LogP contribution is -2.24. The van der Waals surface area contributed by atoms with E-state index in [1.807, 2.05) is 58.0 Å². The Morgan fingerprint density at radius 2 is 1.82 bits per heavy atom. The molecule has 0 aliphatic carbocycles. The molecule has 0 bridgehead atoms. The number of esters is 1. The summed E-state index contributed by atoms with van der Waals surface area (Å²) < 4.78 is 5.23. The topological polar surface area (TPSA) is 38.7 Å². The number of rotatable bonds is 3. The van der Waals surface area contributed by atoms with Crippen molar-refractivity contribution in [3.8, 4) is 0 Å². The summed E-state index contributed by atoms with van der Waals surface area (Å²) in [7, 11) is 0. The highest BCUT2D eigenvalue weighted by Crippen LogP contribution is 2.12. The molecule has 0 amide bonds. The molecule has 17 heavy (non-hydrogen) atoms. The van der Waals surface area contributed by atoms with Crippen molar-refractivity contribution in [1.82, 2.24) is 0 Å². The van der Waals surface area contributed by atoms with Gasteiger partial charge in [0, 0.05) is 5.71 Å². The highest BCUT2D eigenvalue weighted by atomic mass is 16.6. The van der Waals surface area contributed by atoms with Gasteiger partial charge in [0.2, 0.25) is 0 Å². The van der Waals surface area contributed by atoms with Crippen LogP contribution in [0.15, 0.2) is 35.3 Å². The molecule has 1 rings (SSSR count). The number of benzene rings is 1. The zero-order valence-electron chi connectivity index (χ0n) is 10.9. The highest BCUT2D eigenvalue weighted by molar-refractivity contribution is 5.98. The van der Waals surface area contributed by atoms with Gasteiger partial charge in [0.1, 0.15) is 5.60 Å². The van der Waals surface area contributed by atoms with Crippen molar-refractivity contribution in [2.24, 2.45) is 4.99 Å². The summed E-state index contributed by atoms with van der Waals surface area (Å²) in [6.07, 6.45) is 0.228. The second-order valence-corrected chi connectivity index (χ2v) is 4.95. The van der Waals surface area contributed by atoms with Crippen LogP contribution in [-0.2, 0) is 9.53 Å². The molecule has 0 N–H and O–H groups in total. The third kappa shape index (κ3) is 5.85. The molecule has 1 aromatic carbocycles. The Morgan fingerprint density at radius 3 is 2.35 bits per heavy atom. The lowest BCUT2D eigenvalue weighted by Gasteiger charge is -2.19. The van der Waals surface area contributed by atoms with Crippen molar-refractivity contribution in [3.63, 3.8) is 0 Å². The molecule has 0 aromatic heterocycles. The molecule has 3 nitrogen and oxygen atoms in total. The zero-order valence-corrected chi connectivity index (χ0v) is 10.9. The maximum absolute atomic E-state index is 11.6. The van der Waals surface area contributed by atoms with Crippen molar-refractivity contribution in [1.29, 1.82) is 0 Å². The van der Waals surface area contributed by atoms with E-state index in [0.717, 1.165) is 11.4 Å². The second kappa shape index (κ2) is 5.62. The molecule has 1 aromatic rings. The van der Waals surface area contributed by atoms with Crippen LogP contribution in [-0.4, -0.2) is 17.3 Å². The molecule has 92 valence electrons. The number of carbonyl (C=O) groups is 1. The molecule has 0 fully saturated rings. The van der Waals surface area contributed by atoms with Gasteiger partial charge in [-0.3, -0.25) is 9.79 Å². The van der Waals surface area contributed by atoms with E-state index in [9.17, 15) is 4.79 Å². The largest absolute Gasteiger partial charge is 0.460 e. The molecule has 0 radical (unpaired) electrons. The average Bonchev–Trinajstić information content (AvgIpc) is 2.15. The summed E-state index contributed by atoms with van der Waals surface area (Å²) in [4.78, 5) is 15.9. The molecule has 0 aliphatic rings. The molecular formula is C14H19NO2. The van der Waals surface area contributed by atoms with Gasteiger partial charge in [0.05, 0.1) is 12.1 Å².